The van der Waals surface area contributed by atoms with Gasteiger partial charge in [0.05, 0.1) is 0 Å². The Bertz CT molecular complexity index is 1100. The van der Waals surface area contributed by atoms with E-state index in [1.54, 1.807) is 5.56 Å². The molecule has 0 heterocycles. The van der Waals surface area contributed by atoms with Gasteiger partial charge in [0.25, 0.3) is 0 Å². The lowest BCUT2D eigenvalue weighted by Crippen LogP contribution is -2.70. The summed E-state index contributed by atoms with van der Waals surface area (Å²) in [4.78, 5) is 0. The number of hydrogen-bond donors (Lipinski definition) is 0. The lowest BCUT2D eigenvalue weighted by molar-refractivity contribution is -0.236. The van der Waals surface area contributed by atoms with Gasteiger partial charge in [-0.2, -0.15) is 0 Å². The Labute approximate surface area is 273 Å². The van der Waals surface area contributed by atoms with Crippen molar-refractivity contribution in [2.24, 2.45) is 51.8 Å². The molecule has 0 amide bonds. The summed E-state index contributed by atoms with van der Waals surface area (Å²) in [6.45, 7) is 8.45. The predicted molar refractivity (Wildman–Crippen MR) is 189 cm³/mol. The molecule has 5 saturated carbocycles. The van der Waals surface area contributed by atoms with Gasteiger partial charge in [-0.1, -0.05) is 132 Å². The van der Waals surface area contributed by atoms with E-state index >= 15 is 0 Å². The molecule has 0 radical (unpaired) electrons. The van der Waals surface area contributed by atoms with Crippen LogP contribution in [0.1, 0.15) is 174 Å². The summed E-state index contributed by atoms with van der Waals surface area (Å²) < 4.78 is 0. The van der Waals surface area contributed by atoms with Gasteiger partial charge in [0.1, 0.15) is 0 Å². The molecule has 0 nitrogen and oxygen atoms in total. The average Bonchev–Trinajstić information content (AvgIpc) is 3.77. The third-order valence-electron chi connectivity index (χ3n) is 15.9. The van der Waals surface area contributed by atoms with Gasteiger partial charge < -0.3 is 0 Å². The van der Waals surface area contributed by atoms with Gasteiger partial charge in [0.2, 0.25) is 0 Å². The molecule has 0 bridgehead atoms. The van der Waals surface area contributed by atoms with Crippen molar-refractivity contribution in [2.45, 2.75) is 175 Å². The third kappa shape index (κ3) is 4.86. The molecule has 0 N–H and O–H groups in total. The number of benzene rings is 1. The summed E-state index contributed by atoms with van der Waals surface area (Å²) in [7, 11) is 0. The zero-order valence-electron chi connectivity index (χ0n) is 29.3. The molecule has 44 heavy (non-hydrogen) atoms. The van der Waals surface area contributed by atoms with Crippen LogP contribution in [0.2, 0.25) is 0 Å². The molecular weight excluding hydrogens is 528 g/mol. The van der Waals surface area contributed by atoms with E-state index in [9.17, 15) is 0 Å². The van der Waals surface area contributed by atoms with Crippen molar-refractivity contribution in [3.8, 4) is 0 Å². The Hall–Kier alpha value is -1.04. The molecule has 0 heteroatoms. The van der Waals surface area contributed by atoms with Crippen molar-refractivity contribution in [2.75, 3.05) is 0 Å². The Morgan fingerprint density at radius 2 is 1.14 bits per heavy atom. The second-order valence-electron chi connectivity index (χ2n) is 17.6. The van der Waals surface area contributed by atoms with Crippen LogP contribution in [0.5, 0.6) is 0 Å². The van der Waals surface area contributed by atoms with Crippen LogP contribution in [0.3, 0.4) is 0 Å². The molecule has 6 aliphatic carbocycles. The zero-order chi connectivity index (χ0) is 30.2. The molecule has 1 aromatic rings. The first kappa shape index (κ1) is 31.6. The quantitative estimate of drug-likeness (QED) is 0.249. The fourth-order valence-corrected chi connectivity index (χ4v) is 14.7. The van der Waals surface area contributed by atoms with Crippen molar-refractivity contribution in [1.82, 2.24) is 0 Å². The minimum atomic E-state index is 0.338. The largest absolute Gasteiger partial charge is 0.0661 e. The maximum absolute atomic E-state index is 3.03. The van der Waals surface area contributed by atoms with Crippen LogP contribution < -0.4 is 0 Å². The van der Waals surface area contributed by atoms with Crippen molar-refractivity contribution in [3.05, 3.63) is 47.0 Å². The van der Waals surface area contributed by atoms with E-state index in [0.29, 0.717) is 16.2 Å². The van der Waals surface area contributed by atoms with Gasteiger partial charge in [-0.25, -0.2) is 0 Å². The molecule has 0 spiro atoms. The van der Waals surface area contributed by atoms with Crippen LogP contribution in [0.4, 0.5) is 0 Å². The number of hydrogen-bond acceptors (Lipinski definition) is 0. The lowest BCUT2D eigenvalue weighted by atomic mass is 9.28. The highest BCUT2D eigenvalue weighted by atomic mass is 14.8. The van der Waals surface area contributed by atoms with Gasteiger partial charge in [0, 0.05) is 5.41 Å². The highest BCUT2D eigenvalue weighted by Crippen LogP contribution is 2.80. The van der Waals surface area contributed by atoms with Gasteiger partial charge in [0.15, 0.2) is 0 Å². The van der Waals surface area contributed by atoms with Crippen LogP contribution in [0.15, 0.2) is 41.5 Å². The van der Waals surface area contributed by atoms with E-state index in [1.807, 2.05) is 5.57 Å². The first-order valence-corrected chi connectivity index (χ1v) is 20.3. The smallest absolute Gasteiger partial charge is 0.00476 e. The van der Waals surface area contributed by atoms with Crippen molar-refractivity contribution in [1.29, 1.82) is 0 Å². The fraction of sp³-hybridized carbons (Fsp3) is 0.818. The van der Waals surface area contributed by atoms with Gasteiger partial charge in [-0.05, 0) is 136 Å². The highest BCUT2D eigenvalue weighted by Gasteiger charge is 2.74. The zero-order valence-corrected chi connectivity index (χ0v) is 29.3. The van der Waals surface area contributed by atoms with Crippen LogP contribution in [-0.2, 0) is 6.42 Å². The molecule has 6 aliphatic rings. The molecule has 0 aromatic heterocycles. The molecule has 4 unspecified atom stereocenters. The maximum Gasteiger partial charge on any atom is 0.00476 e. The second kappa shape index (κ2) is 13.2. The van der Waals surface area contributed by atoms with E-state index in [2.05, 4.69) is 56.7 Å². The summed E-state index contributed by atoms with van der Waals surface area (Å²) in [5, 5.41) is 0. The Kier molecular flexibility index (Phi) is 9.48. The van der Waals surface area contributed by atoms with Gasteiger partial charge in [-0.3, -0.25) is 0 Å². The monoisotopic (exact) mass is 597 g/mol. The molecule has 244 valence electrons. The highest BCUT2D eigenvalue weighted by molar-refractivity contribution is 5.42. The molecule has 5 fully saturated rings. The van der Waals surface area contributed by atoms with Gasteiger partial charge in [-0.15, -0.1) is 0 Å². The summed E-state index contributed by atoms with van der Waals surface area (Å²) in [5.74, 6) is 5.41. The van der Waals surface area contributed by atoms with Crippen molar-refractivity contribution < 1.29 is 0 Å². The predicted octanol–water partition coefficient (Wildman–Crippen LogP) is 13.3. The molecule has 1 aromatic carbocycles. The molecule has 7 rings (SSSR count). The minimum Gasteiger partial charge on any atom is -0.0661 e. The first-order chi connectivity index (χ1) is 21.6. The van der Waals surface area contributed by atoms with E-state index < -0.39 is 0 Å². The maximum atomic E-state index is 3.03. The van der Waals surface area contributed by atoms with Crippen LogP contribution in [0.25, 0.3) is 0 Å². The van der Waals surface area contributed by atoms with E-state index in [-0.39, 0.29) is 0 Å². The lowest BCUT2D eigenvalue weighted by Gasteiger charge is -2.76. The topological polar surface area (TPSA) is 0 Å². The van der Waals surface area contributed by atoms with Crippen molar-refractivity contribution >= 4 is 0 Å². The van der Waals surface area contributed by atoms with E-state index in [1.165, 1.54) is 154 Å². The van der Waals surface area contributed by atoms with Crippen LogP contribution in [0, 0.1) is 51.8 Å². The van der Waals surface area contributed by atoms with Gasteiger partial charge >= 0.3 is 0 Å². The standard InChI is InChI=1S/C44H68/c1-4-31-42(3)41(36-23-10-6-11-24-36)40(35-21-14-15-22-35)33(2)43(37-25-16-17-26-37,32-34-19-8-5-9-20-34)44(42,39-29-18-30-39)38-27-12-7-13-28-38/h5,8-9,19-20,35-39,41H,4,6-7,10-18,21-32H2,1-3H3. The molecule has 0 aliphatic heterocycles. The van der Waals surface area contributed by atoms with Crippen LogP contribution in [-0.4, -0.2) is 0 Å². The first-order valence-electron chi connectivity index (χ1n) is 20.3. The Morgan fingerprint density at radius 1 is 0.614 bits per heavy atom. The summed E-state index contributed by atoms with van der Waals surface area (Å²) >= 11 is 0. The number of allylic oxidation sites excluding steroid dienone is 2. The third-order valence-corrected chi connectivity index (χ3v) is 15.9. The summed E-state index contributed by atoms with van der Waals surface area (Å²) in [6.07, 6.45) is 35.7. The molecule has 4 atom stereocenters. The molecular formula is C44H68. The fourth-order valence-electron chi connectivity index (χ4n) is 14.7. The van der Waals surface area contributed by atoms with E-state index in [4.69, 9.17) is 0 Å². The van der Waals surface area contributed by atoms with Crippen molar-refractivity contribution in [3.63, 3.8) is 0 Å². The number of rotatable bonds is 9. The molecule has 0 saturated heterocycles. The normalized spacial score (nSPS) is 37.1. The Morgan fingerprint density at radius 3 is 1.70 bits per heavy atom. The average molecular weight is 597 g/mol. The Balaban J connectivity index is 1.58. The van der Waals surface area contributed by atoms with E-state index in [0.717, 1.165) is 35.5 Å². The summed E-state index contributed by atoms with van der Waals surface area (Å²) in [6, 6.07) is 12.1. The SMILES string of the molecule is CCCC1(C)C(C2CCCCC2)C(C2CCCC2)=C(C)C(Cc2ccccc2)(C2CCCC2)C1(C1CCCCC1)C1CCC1. The summed E-state index contributed by atoms with van der Waals surface area (Å²) in [5.41, 5.74) is 7.02. The van der Waals surface area contributed by atoms with Crippen LogP contribution >= 0.6 is 0 Å². The minimum absolute atomic E-state index is 0.338. The second-order valence-corrected chi connectivity index (χ2v) is 17.6.